The van der Waals surface area contributed by atoms with Gasteiger partial charge in [-0.2, -0.15) is 0 Å². The molecule has 1 fully saturated rings. The minimum absolute atomic E-state index is 0. The highest BCUT2D eigenvalue weighted by Gasteiger charge is 2.28. The molecule has 4 rings (SSSR count). The molecule has 35 heavy (non-hydrogen) atoms. The zero-order valence-corrected chi connectivity index (χ0v) is 22.4. The van der Waals surface area contributed by atoms with Gasteiger partial charge in [-0.05, 0) is 52.2 Å². The summed E-state index contributed by atoms with van der Waals surface area (Å²) in [5.74, 6) is 1.74. The van der Waals surface area contributed by atoms with E-state index in [0.717, 1.165) is 60.3 Å². The van der Waals surface area contributed by atoms with E-state index in [4.69, 9.17) is 4.74 Å². The number of nitrogens with one attached hydrogen (secondary N) is 3. The van der Waals surface area contributed by atoms with E-state index in [1.54, 1.807) is 0 Å². The zero-order chi connectivity index (χ0) is 23.2. The molecule has 0 radical (unpaired) electrons. The number of amidine groups is 1. The molecule has 2 aromatic rings. The Hall–Kier alpha value is -2.16. The van der Waals surface area contributed by atoms with Gasteiger partial charge in [0.1, 0.15) is 5.82 Å². The van der Waals surface area contributed by atoms with Gasteiger partial charge in [-0.15, -0.1) is 24.8 Å². The summed E-state index contributed by atoms with van der Waals surface area (Å²) in [6.45, 7) is 7.81. The van der Waals surface area contributed by atoms with Crippen molar-refractivity contribution in [2.45, 2.75) is 77.5 Å². The molecule has 1 aliphatic heterocycles. The number of halogens is 2. The molecule has 1 amide bonds. The number of benzene rings is 1. The fraction of sp³-hybridized carbons (Fsp3) is 0.600. The number of aryl methyl sites for hydroxylation is 1. The minimum atomic E-state index is -0.286. The molecular formula is C25H38Cl2N6O2. The van der Waals surface area contributed by atoms with Crippen molar-refractivity contribution in [1.82, 2.24) is 20.6 Å². The van der Waals surface area contributed by atoms with Crippen LogP contribution in [0.3, 0.4) is 0 Å². The van der Waals surface area contributed by atoms with E-state index in [1.807, 2.05) is 26.0 Å². The number of nitrogens with zero attached hydrogens (tertiary/aromatic N) is 3. The summed E-state index contributed by atoms with van der Waals surface area (Å²) in [6.07, 6.45) is 6.82. The van der Waals surface area contributed by atoms with Gasteiger partial charge < -0.3 is 20.7 Å². The molecule has 1 aromatic heterocycles. The number of hydrogen-bond acceptors (Lipinski definition) is 7. The third-order valence-corrected chi connectivity index (χ3v) is 6.21. The van der Waals surface area contributed by atoms with Gasteiger partial charge in [0.05, 0.1) is 24.1 Å². The van der Waals surface area contributed by atoms with Gasteiger partial charge in [-0.25, -0.2) is 9.97 Å². The van der Waals surface area contributed by atoms with Crippen LogP contribution in [0.2, 0.25) is 0 Å². The first-order valence-electron chi connectivity index (χ1n) is 12.2. The maximum Gasteiger partial charge on any atom is 0.289 e. The summed E-state index contributed by atoms with van der Waals surface area (Å²) in [6, 6.07) is 6.58. The summed E-state index contributed by atoms with van der Waals surface area (Å²) < 4.78 is 5.52. The van der Waals surface area contributed by atoms with E-state index in [1.165, 1.54) is 12.8 Å². The minimum Gasteiger partial charge on any atom is -0.377 e. The van der Waals surface area contributed by atoms with Crippen LogP contribution >= 0.6 is 24.8 Å². The average Bonchev–Trinajstić information content (AvgIpc) is 3.31. The lowest BCUT2D eigenvalue weighted by atomic mass is 9.90. The van der Waals surface area contributed by atoms with Gasteiger partial charge in [0, 0.05) is 37.0 Å². The predicted molar refractivity (Wildman–Crippen MR) is 147 cm³/mol. The number of aromatic nitrogens is 2. The van der Waals surface area contributed by atoms with Gasteiger partial charge in [-0.3, -0.25) is 9.79 Å². The SMILES string of the molecule is Cc1ccc2nc(C(=O)NCCOC(C)C)nc(N[C@H]3CCCC[C@H]3NC3=NCCC3)c2c1.Cl.Cl. The first-order valence-corrected chi connectivity index (χ1v) is 12.2. The number of carbonyl (C=O) groups excluding carboxylic acids is 1. The summed E-state index contributed by atoms with van der Waals surface area (Å²) in [4.78, 5) is 26.6. The molecule has 1 aliphatic carbocycles. The molecule has 0 bridgehead atoms. The number of anilines is 1. The molecule has 0 saturated heterocycles. The van der Waals surface area contributed by atoms with Gasteiger partial charge in [0.2, 0.25) is 5.82 Å². The molecule has 0 unspecified atom stereocenters. The van der Waals surface area contributed by atoms with Crippen molar-refractivity contribution in [3.63, 3.8) is 0 Å². The number of aliphatic imine (C=N–C) groups is 1. The van der Waals surface area contributed by atoms with Crippen molar-refractivity contribution in [1.29, 1.82) is 0 Å². The van der Waals surface area contributed by atoms with Crippen LogP contribution in [0.25, 0.3) is 10.9 Å². The van der Waals surface area contributed by atoms with Crippen LogP contribution in [0, 0.1) is 6.92 Å². The second-order valence-electron chi connectivity index (χ2n) is 9.31. The molecule has 3 N–H and O–H groups in total. The van der Waals surface area contributed by atoms with Crippen LogP contribution in [0.1, 0.15) is 68.6 Å². The molecule has 1 saturated carbocycles. The lowest BCUT2D eigenvalue weighted by Gasteiger charge is -2.34. The Kier molecular flexibility index (Phi) is 11.5. The van der Waals surface area contributed by atoms with E-state index >= 15 is 0 Å². The van der Waals surface area contributed by atoms with Crippen LogP contribution in [-0.2, 0) is 4.74 Å². The fourth-order valence-corrected chi connectivity index (χ4v) is 4.52. The number of amides is 1. The molecule has 8 nitrogen and oxygen atoms in total. The van der Waals surface area contributed by atoms with E-state index < -0.39 is 0 Å². The van der Waals surface area contributed by atoms with Crippen molar-refractivity contribution in [2.75, 3.05) is 25.0 Å². The Morgan fingerprint density at radius 3 is 2.51 bits per heavy atom. The van der Waals surface area contributed by atoms with Crippen molar-refractivity contribution < 1.29 is 9.53 Å². The first kappa shape index (κ1) is 29.1. The fourth-order valence-electron chi connectivity index (χ4n) is 4.52. The van der Waals surface area contributed by atoms with E-state index in [-0.39, 0.29) is 48.7 Å². The highest BCUT2D eigenvalue weighted by Crippen LogP contribution is 2.27. The smallest absolute Gasteiger partial charge is 0.289 e. The highest BCUT2D eigenvalue weighted by atomic mass is 35.5. The molecule has 2 heterocycles. The summed E-state index contributed by atoms with van der Waals surface area (Å²) in [5.41, 5.74) is 1.90. The van der Waals surface area contributed by atoms with Gasteiger partial charge in [0.15, 0.2) is 0 Å². The van der Waals surface area contributed by atoms with Gasteiger partial charge >= 0.3 is 0 Å². The third-order valence-electron chi connectivity index (χ3n) is 6.21. The normalized spacial score (nSPS) is 19.5. The number of fused-ring (bicyclic) bond motifs is 1. The molecule has 2 aliphatic rings. The molecule has 0 spiro atoms. The quantitative estimate of drug-likeness (QED) is 0.441. The van der Waals surface area contributed by atoms with Gasteiger partial charge in [0.25, 0.3) is 5.91 Å². The van der Waals surface area contributed by atoms with Crippen molar-refractivity contribution in [3.05, 3.63) is 29.6 Å². The van der Waals surface area contributed by atoms with Crippen LogP contribution in [0.5, 0.6) is 0 Å². The summed E-state index contributed by atoms with van der Waals surface area (Å²) in [5, 5.41) is 11.2. The zero-order valence-electron chi connectivity index (χ0n) is 20.8. The molecule has 2 atom stereocenters. The standard InChI is InChI=1S/C25H36N6O2.2ClH/c1-16(2)33-14-13-27-25(32)24-29-19-11-10-17(3)15-18(19)23(31-24)30-21-8-5-4-7-20(21)28-22-9-6-12-26-22;;/h10-11,15-16,20-21H,4-9,12-14H2,1-3H3,(H,26,28)(H,27,32)(H,29,30,31);2*1H/t20-,21+;;/m1../s1. The topological polar surface area (TPSA) is 101 Å². The van der Waals surface area contributed by atoms with Crippen LogP contribution < -0.4 is 16.0 Å². The largest absolute Gasteiger partial charge is 0.377 e. The molecule has 1 aromatic carbocycles. The maximum atomic E-state index is 12.8. The Bertz CT molecular complexity index is 1020. The molecule has 10 heteroatoms. The van der Waals surface area contributed by atoms with E-state index in [9.17, 15) is 4.79 Å². The van der Waals surface area contributed by atoms with Crippen molar-refractivity contribution in [3.8, 4) is 0 Å². The van der Waals surface area contributed by atoms with Crippen molar-refractivity contribution >= 4 is 53.3 Å². The Labute approximate surface area is 220 Å². The maximum absolute atomic E-state index is 12.8. The third kappa shape index (κ3) is 7.92. The average molecular weight is 526 g/mol. The number of rotatable bonds is 8. The summed E-state index contributed by atoms with van der Waals surface area (Å²) in [7, 11) is 0. The number of ether oxygens (including phenoxy) is 1. The van der Waals surface area contributed by atoms with E-state index in [0.29, 0.717) is 19.2 Å². The van der Waals surface area contributed by atoms with Crippen LogP contribution in [0.4, 0.5) is 5.82 Å². The molecule has 194 valence electrons. The lowest BCUT2D eigenvalue weighted by Crippen LogP contribution is -2.48. The Morgan fingerprint density at radius 1 is 1.09 bits per heavy atom. The second kappa shape index (κ2) is 13.8. The second-order valence-corrected chi connectivity index (χ2v) is 9.31. The Morgan fingerprint density at radius 2 is 1.83 bits per heavy atom. The van der Waals surface area contributed by atoms with Crippen LogP contribution in [-0.4, -0.2) is 59.6 Å². The predicted octanol–water partition coefficient (Wildman–Crippen LogP) is 4.44. The number of carbonyl (C=O) groups is 1. The molecular weight excluding hydrogens is 487 g/mol. The lowest BCUT2D eigenvalue weighted by molar-refractivity contribution is 0.0743. The first-order chi connectivity index (χ1) is 16.0. The van der Waals surface area contributed by atoms with Crippen molar-refractivity contribution in [2.24, 2.45) is 4.99 Å². The Balaban J connectivity index is 0.00000216. The summed E-state index contributed by atoms with van der Waals surface area (Å²) >= 11 is 0. The monoisotopic (exact) mass is 524 g/mol. The van der Waals surface area contributed by atoms with Gasteiger partial charge in [-0.1, -0.05) is 24.5 Å². The van der Waals surface area contributed by atoms with E-state index in [2.05, 4.69) is 43.9 Å². The van der Waals surface area contributed by atoms with Crippen LogP contribution in [0.15, 0.2) is 23.2 Å². The highest BCUT2D eigenvalue weighted by molar-refractivity contribution is 5.96. The number of hydrogen-bond donors (Lipinski definition) is 3.